The van der Waals surface area contributed by atoms with E-state index in [1.807, 2.05) is 19.1 Å². The minimum Gasteiger partial charge on any atom is -0.478 e. The monoisotopic (exact) mass is 243 g/mol. The Morgan fingerprint density at radius 2 is 2.33 bits per heavy atom. The highest BCUT2D eigenvalue weighted by Gasteiger charge is 2.08. The number of hydrogen-bond donors (Lipinski definition) is 1. The van der Waals surface area contributed by atoms with Gasteiger partial charge in [-0.25, -0.2) is 9.48 Å². The van der Waals surface area contributed by atoms with E-state index in [9.17, 15) is 4.79 Å². The molecule has 1 heterocycles. The number of aryl methyl sites for hydroxylation is 1. The fourth-order valence-electron chi connectivity index (χ4n) is 1.78. The van der Waals surface area contributed by atoms with E-state index in [1.54, 1.807) is 16.8 Å². The molecule has 5 heteroatoms. The van der Waals surface area contributed by atoms with Gasteiger partial charge in [0.1, 0.15) is 5.52 Å². The van der Waals surface area contributed by atoms with E-state index in [1.165, 1.54) is 0 Å². The third-order valence-electron chi connectivity index (χ3n) is 2.69. The van der Waals surface area contributed by atoms with Crippen LogP contribution in [-0.2, 0) is 11.3 Å². The van der Waals surface area contributed by atoms with Crippen molar-refractivity contribution in [3.8, 4) is 0 Å². The first-order valence-electron chi connectivity index (χ1n) is 5.48. The summed E-state index contributed by atoms with van der Waals surface area (Å²) in [6.45, 7) is 6.16. The van der Waals surface area contributed by atoms with Crippen molar-refractivity contribution in [3.05, 3.63) is 42.0 Å². The maximum absolute atomic E-state index is 10.5. The summed E-state index contributed by atoms with van der Waals surface area (Å²) in [6, 6.07) is 3.74. The van der Waals surface area contributed by atoms with Crippen molar-refractivity contribution >= 4 is 23.1 Å². The molecule has 0 saturated carbocycles. The summed E-state index contributed by atoms with van der Waals surface area (Å²) < 4.78 is 1.75. The Kier molecular flexibility index (Phi) is 3.23. The number of hydrogen-bond acceptors (Lipinski definition) is 3. The van der Waals surface area contributed by atoms with Crippen molar-refractivity contribution in [1.29, 1.82) is 0 Å². The molecule has 0 saturated heterocycles. The molecule has 2 rings (SSSR count). The second kappa shape index (κ2) is 4.83. The van der Waals surface area contributed by atoms with E-state index in [0.29, 0.717) is 6.54 Å². The maximum Gasteiger partial charge on any atom is 0.328 e. The van der Waals surface area contributed by atoms with Crippen LogP contribution in [0.3, 0.4) is 0 Å². The largest absolute Gasteiger partial charge is 0.478 e. The summed E-state index contributed by atoms with van der Waals surface area (Å²) >= 11 is 0. The maximum atomic E-state index is 10.5. The van der Waals surface area contributed by atoms with Crippen LogP contribution in [0.4, 0.5) is 0 Å². The Bertz CT molecular complexity index is 641. The number of carboxylic acids is 1. The van der Waals surface area contributed by atoms with Crippen LogP contribution in [0.25, 0.3) is 17.1 Å². The van der Waals surface area contributed by atoms with Crippen molar-refractivity contribution in [2.24, 2.45) is 0 Å². The van der Waals surface area contributed by atoms with Crippen molar-refractivity contribution in [1.82, 2.24) is 15.0 Å². The Balaban J connectivity index is 2.51. The lowest BCUT2D eigenvalue weighted by atomic mass is 10.1. The van der Waals surface area contributed by atoms with Gasteiger partial charge in [-0.1, -0.05) is 17.4 Å². The molecule has 18 heavy (non-hydrogen) atoms. The Morgan fingerprint density at radius 3 is 3.00 bits per heavy atom. The fraction of sp³-hybridized carbons (Fsp3) is 0.154. The molecule has 1 N–H and O–H groups in total. The van der Waals surface area contributed by atoms with E-state index >= 15 is 0 Å². The molecule has 0 radical (unpaired) electrons. The minimum atomic E-state index is -0.968. The molecule has 0 amide bonds. The van der Waals surface area contributed by atoms with Gasteiger partial charge in [-0.05, 0) is 30.2 Å². The average molecular weight is 243 g/mol. The van der Waals surface area contributed by atoms with Crippen LogP contribution in [-0.4, -0.2) is 26.1 Å². The summed E-state index contributed by atoms with van der Waals surface area (Å²) in [7, 11) is 0. The third-order valence-corrected chi connectivity index (χ3v) is 2.69. The van der Waals surface area contributed by atoms with Crippen LogP contribution < -0.4 is 0 Å². The van der Waals surface area contributed by atoms with Crippen LogP contribution in [0.2, 0.25) is 0 Å². The van der Waals surface area contributed by atoms with Crippen molar-refractivity contribution < 1.29 is 9.90 Å². The molecule has 0 bridgehead atoms. The van der Waals surface area contributed by atoms with E-state index in [-0.39, 0.29) is 0 Å². The van der Waals surface area contributed by atoms with Gasteiger partial charge >= 0.3 is 5.97 Å². The van der Waals surface area contributed by atoms with Crippen molar-refractivity contribution in [3.63, 3.8) is 0 Å². The fourth-order valence-corrected chi connectivity index (χ4v) is 1.78. The van der Waals surface area contributed by atoms with Crippen LogP contribution in [0.1, 0.15) is 11.1 Å². The average Bonchev–Trinajstić information content (AvgIpc) is 2.73. The highest BCUT2D eigenvalue weighted by atomic mass is 16.4. The summed E-state index contributed by atoms with van der Waals surface area (Å²) in [5, 5.41) is 16.8. The molecule has 1 aromatic heterocycles. The molecule has 0 aliphatic heterocycles. The van der Waals surface area contributed by atoms with Gasteiger partial charge in [0, 0.05) is 6.08 Å². The van der Waals surface area contributed by atoms with Gasteiger partial charge < -0.3 is 5.11 Å². The van der Waals surface area contributed by atoms with Gasteiger partial charge in [0.25, 0.3) is 0 Å². The molecular weight excluding hydrogens is 230 g/mol. The Morgan fingerprint density at radius 1 is 1.56 bits per heavy atom. The second-order valence-electron chi connectivity index (χ2n) is 3.88. The number of rotatable bonds is 4. The molecule has 0 aliphatic rings. The first-order chi connectivity index (χ1) is 8.63. The van der Waals surface area contributed by atoms with Crippen molar-refractivity contribution in [2.45, 2.75) is 13.5 Å². The predicted octanol–water partition coefficient (Wildman–Crippen LogP) is 2.02. The van der Waals surface area contributed by atoms with Crippen LogP contribution in [0.5, 0.6) is 0 Å². The SMILES string of the molecule is C=CCn1nnc2c(C)c(/C=C/C(=O)O)ccc21. The summed E-state index contributed by atoms with van der Waals surface area (Å²) in [4.78, 5) is 10.5. The standard InChI is InChI=1S/C13H13N3O2/c1-3-8-16-11-6-4-10(5-7-12(17)18)9(2)13(11)14-15-16/h3-7H,1,8H2,2H3,(H,17,18)/b7-5+. The first-order valence-corrected chi connectivity index (χ1v) is 5.48. The van der Waals surface area contributed by atoms with E-state index in [0.717, 1.165) is 28.2 Å². The van der Waals surface area contributed by atoms with Gasteiger partial charge in [-0.2, -0.15) is 0 Å². The first kappa shape index (κ1) is 12.0. The Hall–Kier alpha value is -2.43. The molecule has 2 aromatic rings. The summed E-state index contributed by atoms with van der Waals surface area (Å²) in [5.74, 6) is -0.968. The van der Waals surface area contributed by atoms with E-state index in [2.05, 4.69) is 16.9 Å². The van der Waals surface area contributed by atoms with Crippen molar-refractivity contribution in [2.75, 3.05) is 0 Å². The highest BCUT2D eigenvalue weighted by molar-refractivity contribution is 5.88. The molecule has 0 spiro atoms. The normalized spacial score (nSPS) is 11.2. The highest BCUT2D eigenvalue weighted by Crippen LogP contribution is 2.20. The number of aliphatic carboxylic acids is 1. The van der Waals surface area contributed by atoms with Crippen LogP contribution >= 0.6 is 0 Å². The van der Waals surface area contributed by atoms with Gasteiger partial charge in [-0.15, -0.1) is 11.7 Å². The lowest BCUT2D eigenvalue weighted by molar-refractivity contribution is -0.131. The number of aromatic nitrogens is 3. The van der Waals surface area contributed by atoms with Crippen LogP contribution in [0.15, 0.2) is 30.9 Å². The molecule has 5 nitrogen and oxygen atoms in total. The van der Waals surface area contributed by atoms with Gasteiger partial charge in [0.2, 0.25) is 0 Å². The molecule has 0 unspecified atom stereocenters. The summed E-state index contributed by atoms with van der Waals surface area (Å²) in [6.07, 6.45) is 4.42. The molecule has 0 aliphatic carbocycles. The molecule has 0 fully saturated rings. The smallest absolute Gasteiger partial charge is 0.328 e. The molecular formula is C13H13N3O2. The predicted molar refractivity (Wildman–Crippen MR) is 69.1 cm³/mol. The lowest BCUT2D eigenvalue weighted by Crippen LogP contribution is -1.97. The van der Waals surface area contributed by atoms with Crippen LogP contribution in [0, 0.1) is 6.92 Å². The quantitative estimate of drug-likeness (QED) is 0.659. The number of benzene rings is 1. The topological polar surface area (TPSA) is 68.0 Å². The van der Waals surface area contributed by atoms with Gasteiger partial charge in [0.15, 0.2) is 0 Å². The second-order valence-corrected chi connectivity index (χ2v) is 3.88. The molecule has 1 aromatic carbocycles. The number of nitrogens with zero attached hydrogens (tertiary/aromatic N) is 3. The summed E-state index contributed by atoms with van der Waals surface area (Å²) in [5.41, 5.74) is 3.44. The zero-order valence-electron chi connectivity index (χ0n) is 10.00. The van der Waals surface area contributed by atoms with E-state index in [4.69, 9.17) is 5.11 Å². The van der Waals surface area contributed by atoms with Gasteiger partial charge in [-0.3, -0.25) is 0 Å². The third kappa shape index (κ3) is 2.15. The number of carboxylic acid groups (broad SMARTS) is 1. The van der Waals surface area contributed by atoms with Gasteiger partial charge in [0.05, 0.1) is 12.1 Å². The molecule has 92 valence electrons. The minimum absolute atomic E-state index is 0.597. The zero-order valence-corrected chi connectivity index (χ0v) is 10.00. The number of allylic oxidation sites excluding steroid dienone is 1. The number of carbonyl (C=O) groups is 1. The Labute approximate surface area is 104 Å². The molecule has 0 atom stereocenters. The van der Waals surface area contributed by atoms with E-state index < -0.39 is 5.97 Å². The number of fused-ring (bicyclic) bond motifs is 1. The lowest BCUT2D eigenvalue weighted by Gasteiger charge is -2.02. The zero-order chi connectivity index (χ0) is 13.1.